The predicted octanol–water partition coefficient (Wildman–Crippen LogP) is 0.404. The van der Waals surface area contributed by atoms with Gasteiger partial charge in [0.05, 0.1) is 31.4 Å². The summed E-state index contributed by atoms with van der Waals surface area (Å²) in [4.78, 5) is 12.9. The quantitative estimate of drug-likeness (QED) is 0.493. The van der Waals surface area contributed by atoms with Gasteiger partial charge in [-0.15, -0.1) is 6.58 Å². The minimum Gasteiger partial charge on any atom is -0.480 e. The topological polar surface area (TPSA) is 101 Å². The normalized spacial score (nSPS) is 14.6. The first kappa shape index (κ1) is 18.3. The third-order valence-corrected chi connectivity index (χ3v) is 3.87. The highest BCUT2D eigenvalue weighted by Gasteiger charge is 2.44. The van der Waals surface area contributed by atoms with Gasteiger partial charge in [-0.3, -0.25) is 9.69 Å². The van der Waals surface area contributed by atoms with E-state index in [1.807, 2.05) is 6.07 Å². The van der Waals surface area contributed by atoms with Crippen LogP contribution in [0.1, 0.15) is 18.5 Å². The van der Waals surface area contributed by atoms with Crippen molar-refractivity contribution in [3.63, 3.8) is 0 Å². The molecule has 0 bridgehead atoms. The average molecular weight is 309 g/mol. The van der Waals surface area contributed by atoms with Crippen LogP contribution in [0.15, 0.2) is 43.0 Å². The Bertz CT molecular complexity index is 478. The fourth-order valence-electron chi connectivity index (χ4n) is 2.52. The zero-order valence-electron chi connectivity index (χ0n) is 12.6. The molecular weight excluding hydrogens is 286 g/mol. The minimum absolute atomic E-state index is 0.584. The molecule has 0 aromatic heterocycles. The van der Waals surface area contributed by atoms with Crippen molar-refractivity contribution in [2.24, 2.45) is 0 Å². The van der Waals surface area contributed by atoms with E-state index in [4.69, 9.17) is 0 Å². The zero-order valence-corrected chi connectivity index (χ0v) is 12.6. The molecular formula is C16H23NO5. The molecule has 1 rings (SSSR count). The Morgan fingerprint density at radius 2 is 1.73 bits per heavy atom. The summed E-state index contributed by atoms with van der Waals surface area (Å²) in [5, 5.41) is 38.4. The van der Waals surface area contributed by atoms with Crippen LogP contribution in [0, 0.1) is 0 Å². The van der Waals surface area contributed by atoms with Gasteiger partial charge in [0.15, 0.2) is 0 Å². The Hall–Kier alpha value is -1.73. The Kier molecular flexibility index (Phi) is 6.70. The van der Waals surface area contributed by atoms with Crippen molar-refractivity contribution in [3.05, 3.63) is 48.6 Å². The second kappa shape index (κ2) is 8.05. The highest BCUT2D eigenvalue weighted by molar-refractivity contribution is 5.73. The summed E-state index contributed by atoms with van der Waals surface area (Å²) in [6.45, 7) is 3.41. The van der Waals surface area contributed by atoms with Gasteiger partial charge in [0, 0.05) is 0 Å². The fourth-order valence-corrected chi connectivity index (χ4v) is 2.52. The molecule has 0 saturated heterocycles. The maximum Gasteiger partial charge on any atom is 0.320 e. The molecule has 122 valence electrons. The highest BCUT2D eigenvalue weighted by Crippen LogP contribution is 2.32. The average Bonchev–Trinajstić information content (AvgIpc) is 2.56. The highest BCUT2D eigenvalue weighted by atomic mass is 16.4. The van der Waals surface area contributed by atoms with E-state index in [0.717, 1.165) is 5.56 Å². The predicted molar refractivity (Wildman–Crippen MR) is 82.3 cm³/mol. The molecule has 2 atom stereocenters. The van der Waals surface area contributed by atoms with Gasteiger partial charge in [0.1, 0.15) is 6.04 Å². The first-order chi connectivity index (χ1) is 10.5. The smallest absolute Gasteiger partial charge is 0.320 e. The number of nitrogens with zero attached hydrogens (tertiary/aromatic N) is 1. The SMILES string of the molecule is C=CC(c1ccccc1)N([C@@H](C)C(=O)O)C(CO)(CO)CO. The van der Waals surface area contributed by atoms with Crippen molar-refractivity contribution in [2.45, 2.75) is 24.5 Å². The lowest BCUT2D eigenvalue weighted by Gasteiger charge is -2.46. The number of aliphatic hydroxyl groups excluding tert-OH is 3. The van der Waals surface area contributed by atoms with Crippen molar-refractivity contribution in [3.8, 4) is 0 Å². The number of carbonyl (C=O) groups is 1. The monoisotopic (exact) mass is 309 g/mol. The molecule has 22 heavy (non-hydrogen) atoms. The third-order valence-electron chi connectivity index (χ3n) is 3.87. The molecule has 0 aliphatic rings. The van der Waals surface area contributed by atoms with Crippen LogP contribution in [-0.4, -0.2) is 62.7 Å². The second-order valence-corrected chi connectivity index (χ2v) is 5.21. The van der Waals surface area contributed by atoms with Crippen LogP contribution < -0.4 is 0 Å². The van der Waals surface area contributed by atoms with Crippen LogP contribution in [0.5, 0.6) is 0 Å². The first-order valence-electron chi connectivity index (χ1n) is 6.98. The van der Waals surface area contributed by atoms with Gasteiger partial charge in [-0.05, 0) is 12.5 Å². The number of carboxylic acid groups (broad SMARTS) is 1. The summed E-state index contributed by atoms with van der Waals surface area (Å²) >= 11 is 0. The molecule has 0 radical (unpaired) electrons. The Morgan fingerprint density at radius 3 is 2.09 bits per heavy atom. The fraction of sp³-hybridized carbons (Fsp3) is 0.438. The van der Waals surface area contributed by atoms with Crippen LogP contribution in [0.4, 0.5) is 0 Å². The summed E-state index contributed by atoms with van der Waals surface area (Å²) in [5.41, 5.74) is -0.725. The number of aliphatic hydroxyl groups is 3. The summed E-state index contributed by atoms with van der Waals surface area (Å²) in [7, 11) is 0. The van der Waals surface area contributed by atoms with E-state index in [-0.39, 0.29) is 0 Å². The maximum atomic E-state index is 11.5. The van der Waals surface area contributed by atoms with E-state index in [2.05, 4.69) is 6.58 Å². The molecule has 0 amide bonds. The van der Waals surface area contributed by atoms with E-state index < -0.39 is 43.4 Å². The molecule has 0 heterocycles. The summed E-state index contributed by atoms with van der Waals surface area (Å²) in [6.07, 6.45) is 1.53. The number of benzene rings is 1. The second-order valence-electron chi connectivity index (χ2n) is 5.21. The molecule has 0 saturated carbocycles. The van der Waals surface area contributed by atoms with Gasteiger partial charge in [-0.1, -0.05) is 36.4 Å². The number of rotatable bonds is 9. The number of carboxylic acids is 1. The third kappa shape index (κ3) is 3.53. The maximum absolute atomic E-state index is 11.5. The van der Waals surface area contributed by atoms with Crippen LogP contribution in [0.2, 0.25) is 0 Å². The molecule has 6 nitrogen and oxygen atoms in total. The van der Waals surface area contributed by atoms with Crippen molar-refractivity contribution < 1.29 is 25.2 Å². The largest absolute Gasteiger partial charge is 0.480 e. The van der Waals surface area contributed by atoms with Gasteiger partial charge < -0.3 is 20.4 Å². The van der Waals surface area contributed by atoms with Crippen molar-refractivity contribution in [1.29, 1.82) is 0 Å². The van der Waals surface area contributed by atoms with Gasteiger partial charge in [-0.25, -0.2) is 0 Å². The Morgan fingerprint density at radius 1 is 1.23 bits per heavy atom. The van der Waals surface area contributed by atoms with E-state index in [1.54, 1.807) is 24.3 Å². The summed E-state index contributed by atoms with van der Waals surface area (Å²) in [6, 6.07) is 7.39. The van der Waals surface area contributed by atoms with Gasteiger partial charge >= 0.3 is 5.97 Å². The Labute approximate surface area is 129 Å². The van der Waals surface area contributed by atoms with Crippen LogP contribution in [0.3, 0.4) is 0 Å². The van der Waals surface area contributed by atoms with Gasteiger partial charge in [-0.2, -0.15) is 0 Å². The minimum atomic E-state index is -1.48. The zero-order chi connectivity index (χ0) is 16.8. The summed E-state index contributed by atoms with van der Waals surface area (Å²) in [5.74, 6) is -1.12. The lowest BCUT2D eigenvalue weighted by atomic mass is 9.92. The van der Waals surface area contributed by atoms with E-state index in [9.17, 15) is 25.2 Å². The van der Waals surface area contributed by atoms with Crippen LogP contribution in [0.25, 0.3) is 0 Å². The number of hydrogen-bond acceptors (Lipinski definition) is 5. The number of hydrogen-bond donors (Lipinski definition) is 4. The molecule has 1 aromatic rings. The standard InChI is InChI=1S/C16H23NO5/c1-3-14(13-7-5-4-6-8-13)17(12(2)15(21)22)16(9-18,10-19)11-20/h3-8,12,14,18-20H,1,9-11H2,2H3,(H,21,22)/t12-,14?/m0/s1. The van der Waals surface area contributed by atoms with Gasteiger partial charge in [0.2, 0.25) is 0 Å². The molecule has 4 N–H and O–H groups in total. The molecule has 0 aliphatic carbocycles. The van der Waals surface area contributed by atoms with Crippen molar-refractivity contribution in [1.82, 2.24) is 4.90 Å². The van der Waals surface area contributed by atoms with Crippen molar-refractivity contribution in [2.75, 3.05) is 19.8 Å². The van der Waals surface area contributed by atoms with Crippen LogP contribution >= 0.6 is 0 Å². The van der Waals surface area contributed by atoms with E-state index >= 15 is 0 Å². The van der Waals surface area contributed by atoms with Crippen molar-refractivity contribution >= 4 is 5.97 Å². The molecule has 0 aliphatic heterocycles. The first-order valence-corrected chi connectivity index (χ1v) is 6.98. The van der Waals surface area contributed by atoms with E-state index in [1.165, 1.54) is 17.9 Å². The molecule has 1 aromatic carbocycles. The lowest BCUT2D eigenvalue weighted by molar-refractivity contribution is -0.152. The summed E-state index contributed by atoms with van der Waals surface area (Å²) < 4.78 is 0. The molecule has 0 fully saturated rings. The van der Waals surface area contributed by atoms with E-state index in [0.29, 0.717) is 0 Å². The number of aliphatic carboxylic acids is 1. The molecule has 0 spiro atoms. The van der Waals surface area contributed by atoms with Crippen LogP contribution in [-0.2, 0) is 4.79 Å². The lowest BCUT2D eigenvalue weighted by Crippen LogP contribution is -2.62. The molecule has 6 heteroatoms. The van der Waals surface area contributed by atoms with Gasteiger partial charge in [0.25, 0.3) is 0 Å². The molecule has 1 unspecified atom stereocenters. The Balaban J connectivity index is 3.41.